The first-order valence-corrected chi connectivity index (χ1v) is 7.64. The Bertz CT molecular complexity index is 683. The number of para-hydroxylation sites is 1. The van der Waals surface area contributed by atoms with E-state index in [0.29, 0.717) is 6.04 Å². The molecule has 2 heterocycles. The smallest absolute Gasteiger partial charge is 0.328 e. The van der Waals surface area contributed by atoms with E-state index in [1.54, 1.807) is 6.20 Å². The van der Waals surface area contributed by atoms with Crippen molar-refractivity contribution in [2.45, 2.75) is 12.5 Å². The highest BCUT2D eigenvalue weighted by Gasteiger charge is 2.22. The van der Waals surface area contributed by atoms with Crippen LogP contribution in [0.15, 0.2) is 54.7 Å². The number of rotatable bonds is 5. The van der Waals surface area contributed by atoms with Crippen molar-refractivity contribution in [2.24, 2.45) is 0 Å². The van der Waals surface area contributed by atoms with Crippen LogP contribution in [0.4, 0.5) is 11.5 Å². The van der Waals surface area contributed by atoms with Gasteiger partial charge in [0, 0.05) is 37.1 Å². The number of carboxylic acid groups (broad SMARTS) is 1. The standard InChI is InChI=1S/C18H19N3O2/c22-18(23)9-7-14-6-8-17(19-12-14)20-15-10-11-21(13-15)16-4-2-1-3-5-16/h1-9,12,15H,10-11,13H2,(H,19,20)(H,22,23)/t15-/m1/s1. The fourth-order valence-electron chi connectivity index (χ4n) is 2.72. The molecule has 2 N–H and O–H groups in total. The van der Waals surface area contributed by atoms with Crippen molar-refractivity contribution in [1.82, 2.24) is 4.98 Å². The lowest BCUT2D eigenvalue weighted by Gasteiger charge is -2.19. The Morgan fingerprint density at radius 3 is 2.78 bits per heavy atom. The molecule has 0 unspecified atom stereocenters. The Hall–Kier alpha value is -2.82. The molecular weight excluding hydrogens is 290 g/mol. The van der Waals surface area contributed by atoms with Crippen molar-refractivity contribution >= 4 is 23.6 Å². The van der Waals surface area contributed by atoms with Crippen molar-refractivity contribution < 1.29 is 9.90 Å². The van der Waals surface area contributed by atoms with Crippen LogP contribution in [0.2, 0.25) is 0 Å². The van der Waals surface area contributed by atoms with Gasteiger partial charge in [-0.3, -0.25) is 0 Å². The number of carbonyl (C=O) groups is 1. The van der Waals surface area contributed by atoms with Gasteiger partial charge in [-0.05, 0) is 42.3 Å². The number of aromatic nitrogens is 1. The molecule has 1 aliphatic rings. The maximum absolute atomic E-state index is 10.5. The van der Waals surface area contributed by atoms with Gasteiger partial charge < -0.3 is 15.3 Å². The lowest BCUT2D eigenvalue weighted by Crippen LogP contribution is -2.26. The molecule has 1 fully saturated rings. The molecule has 1 aromatic carbocycles. The van der Waals surface area contributed by atoms with Crippen LogP contribution >= 0.6 is 0 Å². The molecule has 0 radical (unpaired) electrons. The Kier molecular flexibility index (Phi) is 4.57. The molecule has 5 heteroatoms. The molecule has 1 saturated heterocycles. The van der Waals surface area contributed by atoms with Crippen LogP contribution < -0.4 is 10.2 Å². The van der Waals surface area contributed by atoms with Gasteiger partial charge in [0.2, 0.25) is 0 Å². The third-order valence-electron chi connectivity index (χ3n) is 3.87. The maximum atomic E-state index is 10.5. The van der Waals surface area contributed by atoms with Gasteiger partial charge in [0.1, 0.15) is 5.82 Å². The monoisotopic (exact) mass is 309 g/mol. The first-order valence-electron chi connectivity index (χ1n) is 7.64. The van der Waals surface area contributed by atoms with Crippen LogP contribution in [0.25, 0.3) is 6.08 Å². The van der Waals surface area contributed by atoms with Crippen LogP contribution in [-0.2, 0) is 4.79 Å². The minimum absolute atomic E-state index is 0.364. The average Bonchev–Trinajstić information content (AvgIpc) is 3.03. The number of hydrogen-bond acceptors (Lipinski definition) is 4. The zero-order valence-electron chi connectivity index (χ0n) is 12.7. The third-order valence-corrected chi connectivity index (χ3v) is 3.87. The molecule has 0 bridgehead atoms. The van der Waals surface area contributed by atoms with Crippen LogP contribution in [0.1, 0.15) is 12.0 Å². The van der Waals surface area contributed by atoms with Crippen LogP contribution in [-0.4, -0.2) is 35.2 Å². The minimum Gasteiger partial charge on any atom is -0.478 e. The highest BCUT2D eigenvalue weighted by molar-refractivity contribution is 5.85. The maximum Gasteiger partial charge on any atom is 0.328 e. The number of carboxylic acids is 1. The number of hydrogen-bond donors (Lipinski definition) is 2. The highest BCUT2D eigenvalue weighted by Crippen LogP contribution is 2.21. The summed E-state index contributed by atoms with van der Waals surface area (Å²) in [6.07, 6.45) is 5.38. The predicted molar refractivity (Wildman–Crippen MR) is 91.6 cm³/mol. The molecule has 0 saturated carbocycles. The van der Waals surface area contributed by atoms with Gasteiger partial charge in [-0.2, -0.15) is 0 Å². The van der Waals surface area contributed by atoms with Gasteiger partial charge in [0.15, 0.2) is 0 Å². The van der Waals surface area contributed by atoms with Crippen LogP contribution in [0.3, 0.4) is 0 Å². The second-order valence-corrected chi connectivity index (χ2v) is 5.56. The minimum atomic E-state index is -0.959. The summed E-state index contributed by atoms with van der Waals surface area (Å²) >= 11 is 0. The van der Waals surface area contributed by atoms with E-state index in [-0.39, 0.29) is 0 Å². The summed E-state index contributed by atoms with van der Waals surface area (Å²) in [7, 11) is 0. The summed E-state index contributed by atoms with van der Waals surface area (Å²) < 4.78 is 0. The second-order valence-electron chi connectivity index (χ2n) is 5.56. The molecule has 5 nitrogen and oxygen atoms in total. The number of anilines is 2. The van der Waals surface area contributed by atoms with Crippen molar-refractivity contribution in [1.29, 1.82) is 0 Å². The first kappa shape index (κ1) is 15.1. The van der Waals surface area contributed by atoms with Crippen molar-refractivity contribution in [2.75, 3.05) is 23.3 Å². The molecule has 1 atom stereocenters. The van der Waals surface area contributed by atoms with Gasteiger partial charge in [-0.15, -0.1) is 0 Å². The van der Waals surface area contributed by atoms with E-state index in [4.69, 9.17) is 5.11 Å². The molecule has 3 rings (SSSR count). The van der Waals surface area contributed by atoms with E-state index in [2.05, 4.69) is 39.5 Å². The van der Waals surface area contributed by atoms with E-state index < -0.39 is 5.97 Å². The molecule has 0 amide bonds. The lowest BCUT2D eigenvalue weighted by molar-refractivity contribution is -0.131. The molecular formula is C18H19N3O2. The fourth-order valence-corrected chi connectivity index (χ4v) is 2.72. The Morgan fingerprint density at radius 1 is 1.26 bits per heavy atom. The largest absolute Gasteiger partial charge is 0.478 e. The third kappa shape index (κ3) is 4.10. The number of pyridine rings is 1. The SMILES string of the molecule is O=C(O)C=Cc1ccc(N[C@@H]2CCN(c3ccccc3)C2)nc1. The Morgan fingerprint density at radius 2 is 2.09 bits per heavy atom. The number of nitrogens with one attached hydrogen (secondary N) is 1. The summed E-state index contributed by atoms with van der Waals surface area (Å²) in [4.78, 5) is 17.2. The fraction of sp³-hybridized carbons (Fsp3) is 0.222. The summed E-state index contributed by atoms with van der Waals surface area (Å²) in [6, 6.07) is 14.5. The van der Waals surface area contributed by atoms with Crippen molar-refractivity contribution in [3.8, 4) is 0 Å². The van der Waals surface area contributed by atoms with E-state index in [0.717, 1.165) is 37.0 Å². The zero-order chi connectivity index (χ0) is 16.1. The van der Waals surface area contributed by atoms with Crippen LogP contribution in [0, 0.1) is 0 Å². The first-order chi connectivity index (χ1) is 11.2. The van der Waals surface area contributed by atoms with E-state index in [9.17, 15) is 4.79 Å². The van der Waals surface area contributed by atoms with Gasteiger partial charge in [0.05, 0.1) is 0 Å². The second kappa shape index (κ2) is 6.96. The predicted octanol–water partition coefficient (Wildman–Crippen LogP) is 2.87. The zero-order valence-corrected chi connectivity index (χ0v) is 12.7. The topological polar surface area (TPSA) is 65.5 Å². The molecule has 118 valence electrons. The molecule has 1 aromatic heterocycles. The van der Waals surface area contributed by atoms with Gasteiger partial charge >= 0.3 is 5.97 Å². The summed E-state index contributed by atoms with van der Waals surface area (Å²) in [5.74, 6) is -0.142. The average molecular weight is 309 g/mol. The van der Waals surface area contributed by atoms with E-state index >= 15 is 0 Å². The van der Waals surface area contributed by atoms with E-state index in [1.807, 2.05) is 18.2 Å². The quantitative estimate of drug-likeness (QED) is 0.831. The summed E-state index contributed by atoms with van der Waals surface area (Å²) in [6.45, 7) is 1.98. The summed E-state index contributed by atoms with van der Waals surface area (Å²) in [5, 5.41) is 12.1. The lowest BCUT2D eigenvalue weighted by atomic mass is 10.2. The van der Waals surface area contributed by atoms with Gasteiger partial charge in [-0.1, -0.05) is 18.2 Å². The normalized spacial score (nSPS) is 17.6. The molecule has 0 aliphatic carbocycles. The molecule has 23 heavy (non-hydrogen) atoms. The molecule has 1 aliphatic heterocycles. The Balaban J connectivity index is 1.57. The number of aliphatic carboxylic acids is 1. The molecule has 0 spiro atoms. The van der Waals surface area contributed by atoms with Crippen LogP contribution in [0.5, 0.6) is 0 Å². The van der Waals surface area contributed by atoms with E-state index in [1.165, 1.54) is 11.8 Å². The highest BCUT2D eigenvalue weighted by atomic mass is 16.4. The Labute approximate surface area is 135 Å². The van der Waals surface area contributed by atoms with Crippen molar-refractivity contribution in [3.63, 3.8) is 0 Å². The number of benzene rings is 1. The summed E-state index contributed by atoms with van der Waals surface area (Å²) in [5.41, 5.74) is 2.02. The number of nitrogens with zero attached hydrogens (tertiary/aromatic N) is 2. The van der Waals surface area contributed by atoms with Gasteiger partial charge in [-0.25, -0.2) is 9.78 Å². The van der Waals surface area contributed by atoms with Crippen molar-refractivity contribution in [3.05, 3.63) is 60.3 Å². The molecule has 2 aromatic rings. The van der Waals surface area contributed by atoms with Gasteiger partial charge in [0.25, 0.3) is 0 Å².